The number of nitrogens with two attached hydrogens (primary N) is 2. The molecular formula is C20H22FN9O. The second-order valence-electron chi connectivity index (χ2n) is 7.12. The summed E-state index contributed by atoms with van der Waals surface area (Å²) in [7, 11) is 0. The fourth-order valence-corrected chi connectivity index (χ4v) is 3.38. The lowest BCUT2D eigenvalue weighted by molar-refractivity contribution is 0.100. The molecule has 0 aromatic carbocycles. The fraction of sp³-hybridized carbons (Fsp3) is 0.250. The monoisotopic (exact) mass is 423 g/mol. The Bertz CT molecular complexity index is 1050. The highest BCUT2D eigenvalue weighted by Gasteiger charge is 2.31. The van der Waals surface area contributed by atoms with Crippen molar-refractivity contribution >= 4 is 34.9 Å². The van der Waals surface area contributed by atoms with Crippen molar-refractivity contribution < 1.29 is 9.18 Å². The number of piperidine rings is 1. The van der Waals surface area contributed by atoms with Gasteiger partial charge in [-0.2, -0.15) is 0 Å². The molecule has 0 bridgehead atoms. The van der Waals surface area contributed by atoms with Crippen LogP contribution in [0.1, 0.15) is 16.8 Å². The van der Waals surface area contributed by atoms with Crippen molar-refractivity contribution in [2.45, 2.75) is 18.6 Å². The van der Waals surface area contributed by atoms with Crippen LogP contribution in [0.3, 0.4) is 0 Å². The first-order valence-electron chi connectivity index (χ1n) is 9.70. The average molecular weight is 423 g/mol. The Morgan fingerprint density at radius 2 is 2.00 bits per heavy atom. The Morgan fingerprint density at radius 3 is 2.68 bits per heavy atom. The van der Waals surface area contributed by atoms with Crippen LogP contribution in [0.25, 0.3) is 0 Å². The quantitative estimate of drug-likeness (QED) is 0.465. The summed E-state index contributed by atoms with van der Waals surface area (Å²) in [4.78, 5) is 30.3. The van der Waals surface area contributed by atoms with Crippen LogP contribution in [-0.4, -0.2) is 51.1 Å². The molecule has 1 aliphatic rings. The third-order valence-corrected chi connectivity index (χ3v) is 4.95. The van der Waals surface area contributed by atoms with E-state index in [0.29, 0.717) is 41.9 Å². The van der Waals surface area contributed by atoms with Gasteiger partial charge < -0.3 is 27.0 Å². The minimum Gasteiger partial charge on any atom is -0.382 e. The third kappa shape index (κ3) is 4.77. The Balaban J connectivity index is 1.49. The molecule has 0 saturated carbocycles. The van der Waals surface area contributed by atoms with E-state index in [1.807, 2.05) is 11.0 Å². The van der Waals surface area contributed by atoms with Gasteiger partial charge in [-0.15, -0.1) is 0 Å². The van der Waals surface area contributed by atoms with Gasteiger partial charge in [0.1, 0.15) is 29.4 Å². The van der Waals surface area contributed by atoms with Crippen molar-refractivity contribution in [1.29, 1.82) is 0 Å². The number of anilines is 5. The maximum absolute atomic E-state index is 15.0. The average Bonchev–Trinajstić information content (AvgIpc) is 2.76. The number of nitrogens with zero attached hydrogens (tertiary/aromatic N) is 5. The summed E-state index contributed by atoms with van der Waals surface area (Å²) < 4.78 is 15.0. The first-order chi connectivity index (χ1) is 15.0. The zero-order valence-electron chi connectivity index (χ0n) is 16.6. The molecule has 0 spiro atoms. The van der Waals surface area contributed by atoms with Crippen LogP contribution in [0.2, 0.25) is 0 Å². The molecule has 4 heterocycles. The summed E-state index contributed by atoms with van der Waals surface area (Å²) >= 11 is 0. The summed E-state index contributed by atoms with van der Waals surface area (Å²) in [6.07, 6.45) is 5.25. The van der Waals surface area contributed by atoms with E-state index < -0.39 is 18.1 Å². The van der Waals surface area contributed by atoms with E-state index in [1.165, 1.54) is 18.6 Å². The van der Waals surface area contributed by atoms with Gasteiger partial charge in [0.25, 0.3) is 5.91 Å². The minimum atomic E-state index is -1.21. The highest BCUT2D eigenvalue weighted by molar-refractivity contribution is 5.98. The molecule has 2 atom stereocenters. The summed E-state index contributed by atoms with van der Waals surface area (Å²) in [6, 6.07) is 6.52. The topological polar surface area (TPSA) is 148 Å². The molecule has 31 heavy (non-hydrogen) atoms. The summed E-state index contributed by atoms with van der Waals surface area (Å²) in [5.74, 6) is 1.28. The van der Waals surface area contributed by atoms with Gasteiger partial charge in [0.05, 0.1) is 36.2 Å². The number of hydrogen-bond donors (Lipinski definition) is 4. The molecule has 3 aromatic rings. The predicted octanol–water partition coefficient (Wildman–Crippen LogP) is 1.72. The number of primary amides is 1. The number of halogens is 1. The van der Waals surface area contributed by atoms with Crippen LogP contribution in [0.15, 0.2) is 49.1 Å². The lowest BCUT2D eigenvalue weighted by atomic mass is 10.0. The number of rotatable bonds is 6. The van der Waals surface area contributed by atoms with E-state index in [9.17, 15) is 9.18 Å². The molecule has 1 amide bonds. The predicted molar refractivity (Wildman–Crippen MR) is 116 cm³/mol. The lowest BCUT2D eigenvalue weighted by Crippen LogP contribution is -2.48. The minimum absolute atomic E-state index is 0.131. The number of aromatic nitrogens is 4. The number of alkyl halides is 1. The van der Waals surface area contributed by atoms with E-state index in [4.69, 9.17) is 11.5 Å². The molecule has 1 saturated heterocycles. The second kappa shape index (κ2) is 8.78. The molecule has 11 heteroatoms. The number of pyridine rings is 2. The molecule has 160 valence electrons. The van der Waals surface area contributed by atoms with Gasteiger partial charge in [-0.25, -0.2) is 24.3 Å². The smallest absolute Gasteiger partial charge is 0.252 e. The number of hydrogen-bond acceptors (Lipinski definition) is 9. The Labute approximate surface area is 177 Å². The molecule has 0 aliphatic carbocycles. The van der Waals surface area contributed by atoms with Crippen molar-refractivity contribution in [1.82, 2.24) is 19.9 Å². The molecule has 1 fully saturated rings. The number of nitrogens with one attached hydrogen (secondary N) is 2. The van der Waals surface area contributed by atoms with E-state index in [0.717, 1.165) is 0 Å². The van der Waals surface area contributed by atoms with Crippen molar-refractivity contribution in [2.75, 3.05) is 34.4 Å². The molecular weight excluding hydrogens is 401 g/mol. The summed E-state index contributed by atoms with van der Waals surface area (Å²) in [5.41, 5.74) is 11.6. The van der Waals surface area contributed by atoms with E-state index >= 15 is 0 Å². The normalized spacial score (nSPS) is 18.4. The van der Waals surface area contributed by atoms with Gasteiger partial charge in [-0.05, 0) is 18.6 Å². The highest BCUT2D eigenvalue weighted by atomic mass is 19.1. The molecule has 0 radical (unpaired) electrons. The first-order valence-corrected chi connectivity index (χ1v) is 9.70. The third-order valence-electron chi connectivity index (χ3n) is 4.95. The summed E-state index contributed by atoms with van der Waals surface area (Å²) in [6.45, 7) is 0.693. The number of carbonyl (C=O) groups excluding carboxylic acids is 1. The molecule has 0 unspecified atom stereocenters. The maximum Gasteiger partial charge on any atom is 0.252 e. The van der Waals surface area contributed by atoms with Crippen LogP contribution in [0, 0.1) is 0 Å². The van der Waals surface area contributed by atoms with Crippen LogP contribution in [-0.2, 0) is 0 Å². The fourth-order valence-electron chi connectivity index (χ4n) is 3.38. The molecule has 4 rings (SSSR count). The van der Waals surface area contributed by atoms with Crippen molar-refractivity contribution in [3.05, 3.63) is 54.6 Å². The maximum atomic E-state index is 15.0. The highest BCUT2D eigenvalue weighted by Crippen LogP contribution is 2.26. The zero-order chi connectivity index (χ0) is 21.8. The van der Waals surface area contributed by atoms with Crippen LogP contribution < -0.4 is 27.0 Å². The molecule has 3 aromatic heterocycles. The number of carbonyl (C=O) groups is 1. The number of amides is 1. The number of nitrogen functional groups attached to an aromatic ring is 1. The molecule has 10 nitrogen and oxygen atoms in total. The van der Waals surface area contributed by atoms with Crippen molar-refractivity contribution in [2.24, 2.45) is 5.73 Å². The van der Waals surface area contributed by atoms with Crippen LogP contribution >= 0.6 is 0 Å². The SMILES string of the molecule is NC(=O)c1cnc(Nc2ccccn2)cc1N[C@@H]1CCN(c2cnc(N)cn2)C[C@@H]1F. The van der Waals surface area contributed by atoms with Crippen LogP contribution in [0.5, 0.6) is 0 Å². The lowest BCUT2D eigenvalue weighted by Gasteiger charge is -2.36. The largest absolute Gasteiger partial charge is 0.382 e. The van der Waals surface area contributed by atoms with Crippen molar-refractivity contribution in [3.63, 3.8) is 0 Å². The standard InChI is InChI=1S/C20H22FN9O/c21-13-11-30(19-10-25-16(22)9-27-19)6-4-14(13)28-15-7-18(26-8-12(15)20(23)31)29-17-3-1-2-5-24-17/h1-3,5,7-10,13-14H,4,6,11H2,(H2,22,25)(H2,23,31)(H2,24,26,28,29)/t13-,14+/m0/s1. The Kier molecular flexibility index (Phi) is 5.74. The second-order valence-corrected chi connectivity index (χ2v) is 7.12. The Morgan fingerprint density at radius 1 is 1.13 bits per heavy atom. The Hall–Kier alpha value is -4.02. The van der Waals surface area contributed by atoms with E-state index in [2.05, 4.69) is 30.6 Å². The van der Waals surface area contributed by atoms with Crippen LogP contribution in [0.4, 0.5) is 33.3 Å². The summed E-state index contributed by atoms with van der Waals surface area (Å²) in [5, 5.41) is 6.18. The van der Waals surface area contributed by atoms with Gasteiger partial charge >= 0.3 is 0 Å². The van der Waals surface area contributed by atoms with Gasteiger partial charge in [-0.3, -0.25) is 4.79 Å². The van der Waals surface area contributed by atoms with E-state index in [-0.39, 0.29) is 12.1 Å². The van der Waals surface area contributed by atoms with Gasteiger partial charge in [0.15, 0.2) is 0 Å². The molecule has 6 N–H and O–H groups in total. The first kappa shape index (κ1) is 20.3. The zero-order valence-corrected chi connectivity index (χ0v) is 16.6. The molecule has 1 aliphatic heterocycles. The van der Waals surface area contributed by atoms with Gasteiger partial charge in [0, 0.05) is 25.0 Å². The van der Waals surface area contributed by atoms with Gasteiger partial charge in [-0.1, -0.05) is 6.07 Å². The van der Waals surface area contributed by atoms with Crippen molar-refractivity contribution in [3.8, 4) is 0 Å². The van der Waals surface area contributed by atoms with E-state index in [1.54, 1.807) is 24.4 Å². The van der Waals surface area contributed by atoms with Gasteiger partial charge in [0.2, 0.25) is 0 Å².